The van der Waals surface area contributed by atoms with Crippen LogP contribution in [-0.4, -0.2) is 26.8 Å². The maximum absolute atomic E-state index is 12.2. The summed E-state index contributed by atoms with van der Waals surface area (Å²) in [6.45, 7) is 2.07. The highest BCUT2D eigenvalue weighted by Crippen LogP contribution is 2.22. The van der Waals surface area contributed by atoms with E-state index in [1.807, 2.05) is 48.5 Å². The molecule has 0 unspecified atom stereocenters. The van der Waals surface area contributed by atoms with Crippen LogP contribution in [0.5, 0.6) is 0 Å². The minimum atomic E-state index is -0.0686. The number of amides is 1. The lowest BCUT2D eigenvalue weighted by molar-refractivity contribution is -0.113. The molecule has 0 saturated carbocycles. The smallest absolute Gasteiger partial charge is 0.234 e. The Morgan fingerprint density at radius 3 is 2.72 bits per heavy atom. The second-order valence-electron chi connectivity index (χ2n) is 5.32. The maximum Gasteiger partial charge on any atom is 0.234 e. The number of aromatic amines is 1. The summed E-state index contributed by atoms with van der Waals surface area (Å²) in [5, 5.41) is 10.6. The summed E-state index contributed by atoms with van der Waals surface area (Å²) >= 11 is 4.71. The number of aromatic nitrogens is 3. The number of halogens is 1. The van der Waals surface area contributed by atoms with E-state index >= 15 is 0 Å². The molecule has 3 aromatic rings. The van der Waals surface area contributed by atoms with Crippen molar-refractivity contribution in [2.24, 2.45) is 0 Å². The topological polar surface area (TPSA) is 70.7 Å². The first kappa shape index (κ1) is 17.7. The van der Waals surface area contributed by atoms with Gasteiger partial charge in [-0.25, -0.2) is 4.98 Å². The predicted octanol–water partition coefficient (Wildman–Crippen LogP) is 4.53. The van der Waals surface area contributed by atoms with Gasteiger partial charge in [0.25, 0.3) is 0 Å². The van der Waals surface area contributed by atoms with Crippen molar-refractivity contribution >= 4 is 39.3 Å². The normalized spacial score (nSPS) is 10.6. The van der Waals surface area contributed by atoms with Crippen LogP contribution in [0.15, 0.2) is 58.2 Å². The molecule has 2 aromatic carbocycles. The van der Waals surface area contributed by atoms with Gasteiger partial charge in [-0.1, -0.05) is 64.9 Å². The van der Waals surface area contributed by atoms with Gasteiger partial charge in [0.05, 0.1) is 5.75 Å². The molecule has 0 saturated heterocycles. The van der Waals surface area contributed by atoms with Crippen LogP contribution in [0.2, 0.25) is 0 Å². The van der Waals surface area contributed by atoms with Gasteiger partial charge in [-0.15, -0.1) is 5.10 Å². The van der Waals surface area contributed by atoms with Crippen LogP contribution in [-0.2, 0) is 11.2 Å². The van der Waals surface area contributed by atoms with E-state index < -0.39 is 0 Å². The van der Waals surface area contributed by atoms with Crippen molar-refractivity contribution in [1.82, 2.24) is 15.2 Å². The molecular weight excluding hydrogens is 400 g/mol. The van der Waals surface area contributed by atoms with Crippen LogP contribution < -0.4 is 5.32 Å². The Labute approximate surface area is 158 Å². The van der Waals surface area contributed by atoms with Crippen molar-refractivity contribution in [1.29, 1.82) is 0 Å². The summed E-state index contributed by atoms with van der Waals surface area (Å²) in [6, 6.07) is 15.6. The minimum Gasteiger partial charge on any atom is -0.325 e. The first-order valence-corrected chi connectivity index (χ1v) is 9.62. The van der Waals surface area contributed by atoms with Crippen molar-refractivity contribution in [3.8, 4) is 11.4 Å². The van der Waals surface area contributed by atoms with E-state index in [1.165, 1.54) is 11.8 Å². The quantitative estimate of drug-likeness (QED) is 0.579. The van der Waals surface area contributed by atoms with E-state index in [9.17, 15) is 4.79 Å². The number of hydrogen-bond acceptors (Lipinski definition) is 4. The summed E-state index contributed by atoms with van der Waals surface area (Å²) < 4.78 is 1.01. The number of para-hydroxylation sites is 1. The molecule has 1 heterocycles. The molecule has 1 amide bonds. The van der Waals surface area contributed by atoms with Gasteiger partial charge in [0, 0.05) is 15.7 Å². The Bertz CT molecular complexity index is 864. The zero-order valence-electron chi connectivity index (χ0n) is 13.6. The molecule has 25 heavy (non-hydrogen) atoms. The average Bonchev–Trinajstić information content (AvgIpc) is 3.10. The highest BCUT2D eigenvalue weighted by atomic mass is 79.9. The third-order valence-electron chi connectivity index (χ3n) is 3.59. The second-order valence-corrected chi connectivity index (χ2v) is 7.18. The molecule has 0 spiro atoms. The van der Waals surface area contributed by atoms with Crippen LogP contribution in [0.3, 0.4) is 0 Å². The van der Waals surface area contributed by atoms with Gasteiger partial charge in [0.15, 0.2) is 5.82 Å². The van der Waals surface area contributed by atoms with Gasteiger partial charge in [-0.2, -0.15) is 0 Å². The molecule has 0 aliphatic rings. The molecule has 0 bridgehead atoms. The highest BCUT2D eigenvalue weighted by molar-refractivity contribution is 9.10. The largest absolute Gasteiger partial charge is 0.325 e. The number of hydrogen-bond donors (Lipinski definition) is 2. The SMILES string of the molecule is CCc1ccccc1NC(=O)CSc1n[nH]c(-c2ccc(Br)cc2)n1. The van der Waals surface area contributed by atoms with Gasteiger partial charge in [0.1, 0.15) is 0 Å². The lowest BCUT2D eigenvalue weighted by atomic mass is 10.1. The van der Waals surface area contributed by atoms with E-state index in [1.54, 1.807) is 0 Å². The van der Waals surface area contributed by atoms with E-state index in [-0.39, 0.29) is 11.7 Å². The number of carbonyl (C=O) groups is 1. The van der Waals surface area contributed by atoms with E-state index in [4.69, 9.17) is 0 Å². The fourth-order valence-electron chi connectivity index (χ4n) is 2.31. The van der Waals surface area contributed by atoms with Crippen molar-refractivity contribution in [2.45, 2.75) is 18.5 Å². The van der Waals surface area contributed by atoms with Crippen molar-refractivity contribution in [3.05, 3.63) is 58.6 Å². The van der Waals surface area contributed by atoms with Gasteiger partial charge < -0.3 is 5.32 Å². The second kappa shape index (κ2) is 8.31. The minimum absolute atomic E-state index is 0.0686. The summed E-state index contributed by atoms with van der Waals surface area (Å²) in [4.78, 5) is 16.6. The lowest BCUT2D eigenvalue weighted by Gasteiger charge is -2.08. The van der Waals surface area contributed by atoms with E-state index in [2.05, 4.69) is 43.4 Å². The Morgan fingerprint density at radius 1 is 1.20 bits per heavy atom. The number of nitrogens with one attached hydrogen (secondary N) is 2. The first-order valence-electron chi connectivity index (χ1n) is 7.84. The Balaban J connectivity index is 1.58. The molecule has 0 aliphatic carbocycles. The van der Waals surface area contributed by atoms with E-state index in [0.29, 0.717) is 11.0 Å². The molecule has 7 heteroatoms. The predicted molar refractivity (Wildman–Crippen MR) is 105 cm³/mol. The molecule has 128 valence electrons. The maximum atomic E-state index is 12.2. The van der Waals surface area contributed by atoms with Gasteiger partial charge in [0.2, 0.25) is 11.1 Å². The zero-order valence-corrected chi connectivity index (χ0v) is 16.0. The molecule has 0 atom stereocenters. The van der Waals surface area contributed by atoms with E-state index in [0.717, 1.165) is 27.7 Å². The van der Waals surface area contributed by atoms with Crippen LogP contribution in [0.4, 0.5) is 5.69 Å². The summed E-state index contributed by atoms with van der Waals surface area (Å²) in [5.74, 6) is 0.878. The summed E-state index contributed by atoms with van der Waals surface area (Å²) in [5.41, 5.74) is 2.93. The fraction of sp³-hybridized carbons (Fsp3) is 0.167. The highest BCUT2D eigenvalue weighted by Gasteiger charge is 2.10. The fourth-order valence-corrected chi connectivity index (χ4v) is 3.18. The Morgan fingerprint density at radius 2 is 1.96 bits per heavy atom. The van der Waals surface area contributed by atoms with Gasteiger partial charge in [-0.3, -0.25) is 9.89 Å². The number of H-pyrrole nitrogens is 1. The standard InChI is InChI=1S/C18H17BrN4OS/c1-2-12-5-3-4-6-15(12)20-16(24)11-25-18-21-17(22-23-18)13-7-9-14(19)10-8-13/h3-10H,2,11H2,1H3,(H,20,24)(H,21,22,23). The van der Waals surface area contributed by atoms with Crippen molar-refractivity contribution in [3.63, 3.8) is 0 Å². The number of benzene rings is 2. The number of carbonyl (C=O) groups excluding carboxylic acids is 1. The zero-order chi connectivity index (χ0) is 17.6. The third-order valence-corrected chi connectivity index (χ3v) is 4.96. The number of rotatable bonds is 6. The van der Waals surface area contributed by atoms with Crippen LogP contribution in [0.25, 0.3) is 11.4 Å². The van der Waals surface area contributed by atoms with Crippen molar-refractivity contribution in [2.75, 3.05) is 11.1 Å². The first-order chi connectivity index (χ1) is 12.2. The molecule has 1 aromatic heterocycles. The Hall–Kier alpha value is -2.12. The van der Waals surface area contributed by atoms with Gasteiger partial charge >= 0.3 is 0 Å². The molecule has 3 rings (SSSR count). The number of anilines is 1. The molecule has 5 nitrogen and oxygen atoms in total. The number of nitrogens with zero attached hydrogens (tertiary/aromatic N) is 2. The van der Waals surface area contributed by atoms with Gasteiger partial charge in [-0.05, 0) is 30.2 Å². The average molecular weight is 417 g/mol. The monoisotopic (exact) mass is 416 g/mol. The van der Waals surface area contributed by atoms with Crippen LogP contribution in [0, 0.1) is 0 Å². The lowest BCUT2D eigenvalue weighted by Crippen LogP contribution is -2.15. The molecular formula is C18H17BrN4OS. The summed E-state index contributed by atoms with van der Waals surface area (Å²) in [6.07, 6.45) is 0.876. The Kier molecular flexibility index (Phi) is 5.88. The molecule has 0 radical (unpaired) electrons. The third kappa shape index (κ3) is 4.70. The van der Waals surface area contributed by atoms with Crippen LogP contribution in [0.1, 0.15) is 12.5 Å². The summed E-state index contributed by atoms with van der Waals surface area (Å²) in [7, 11) is 0. The van der Waals surface area contributed by atoms with Crippen molar-refractivity contribution < 1.29 is 4.79 Å². The molecule has 2 N–H and O–H groups in total. The number of thioether (sulfide) groups is 1. The molecule has 0 aliphatic heterocycles. The van der Waals surface area contributed by atoms with Crippen LogP contribution >= 0.6 is 27.7 Å². The number of aryl methyl sites for hydroxylation is 1. The molecule has 0 fully saturated rings.